The molecule has 0 aliphatic heterocycles. The van der Waals surface area contributed by atoms with Crippen LogP contribution in [0.3, 0.4) is 0 Å². The van der Waals surface area contributed by atoms with Crippen LogP contribution >= 0.6 is 0 Å². The third kappa shape index (κ3) is 3.59. The van der Waals surface area contributed by atoms with E-state index in [0.717, 1.165) is 36.8 Å². The molecule has 4 nitrogen and oxygen atoms in total. The largest absolute Gasteiger partial charge is 0.481 e. The van der Waals surface area contributed by atoms with Crippen LogP contribution in [0.25, 0.3) is 0 Å². The lowest BCUT2D eigenvalue weighted by Crippen LogP contribution is -2.25. The van der Waals surface area contributed by atoms with Crippen LogP contribution in [-0.4, -0.2) is 17.0 Å². The number of rotatable bonds is 4. The molecule has 0 aromatic heterocycles. The molecule has 1 aliphatic rings. The highest BCUT2D eigenvalue weighted by atomic mass is 16.5. The lowest BCUT2D eigenvalue weighted by atomic mass is 9.75. The fraction of sp³-hybridized carbons (Fsp3) is 0.500. The standard InChI is InChI=1S/C16H20O4/c1-11(17)20-10-12-6-8-13(9-7-12)14-4-2-3-5-15(14)16(18)19/h6-9,14-15H,2-5,10H2,1H3,(H,18,19)/t14-,15+/m0/s1. The third-order valence-electron chi connectivity index (χ3n) is 3.93. The summed E-state index contributed by atoms with van der Waals surface area (Å²) in [4.78, 5) is 22.1. The zero-order chi connectivity index (χ0) is 14.5. The van der Waals surface area contributed by atoms with Gasteiger partial charge in [0.1, 0.15) is 6.61 Å². The quantitative estimate of drug-likeness (QED) is 0.858. The molecule has 108 valence electrons. The van der Waals surface area contributed by atoms with Crippen molar-refractivity contribution in [3.63, 3.8) is 0 Å². The summed E-state index contributed by atoms with van der Waals surface area (Å²) >= 11 is 0. The molecule has 0 saturated heterocycles. The monoisotopic (exact) mass is 276 g/mol. The van der Waals surface area contributed by atoms with E-state index >= 15 is 0 Å². The highest BCUT2D eigenvalue weighted by Gasteiger charge is 2.31. The van der Waals surface area contributed by atoms with Crippen LogP contribution in [0.5, 0.6) is 0 Å². The lowest BCUT2D eigenvalue weighted by Gasteiger charge is -2.29. The highest BCUT2D eigenvalue weighted by Crippen LogP contribution is 2.37. The number of hydrogen-bond acceptors (Lipinski definition) is 3. The molecule has 0 unspecified atom stereocenters. The van der Waals surface area contributed by atoms with Crippen molar-refractivity contribution in [3.8, 4) is 0 Å². The van der Waals surface area contributed by atoms with Gasteiger partial charge < -0.3 is 9.84 Å². The molecule has 1 aromatic rings. The Morgan fingerprint density at radius 2 is 1.85 bits per heavy atom. The maximum Gasteiger partial charge on any atom is 0.307 e. The molecule has 0 radical (unpaired) electrons. The topological polar surface area (TPSA) is 63.6 Å². The minimum Gasteiger partial charge on any atom is -0.481 e. The summed E-state index contributed by atoms with van der Waals surface area (Å²) in [6.45, 7) is 1.65. The van der Waals surface area contributed by atoms with Crippen molar-refractivity contribution in [3.05, 3.63) is 35.4 Å². The average molecular weight is 276 g/mol. The van der Waals surface area contributed by atoms with E-state index < -0.39 is 5.97 Å². The second kappa shape index (κ2) is 6.55. The number of carboxylic acid groups (broad SMARTS) is 1. The number of ether oxygens (including phenoxy) is 1. The predicted molar refractivity (Wildman–Crippen MR) is 74.2 cm³/mol. The van der Waals surface area contributed by atoms with E-state index in [9.17, 15) is 14.7 Å². The van der Waals surface area contributed by atoms with Crippen LogP contribution in [0.1, 0.15) is 49.7 Å². The van der Waals surface area contributed by atoms with Crippen molar-refractivity contribution in [1.29, 1.82) is 0 Å². The van der Waals surface area contributed by atoms with E-state index in [1.54, 1.807) is 0 Å². The number of carboxylic acids is 1. The van der Waals surface area contributed by atoms with Gasteiger partial charge in [-0.05, 0) is 29.9 Å². The molecule has 2 rings (SSSR count). The molecular formula is C16H20O4. The average Bonchev–Trinajstić information content (AvgIpc) is 2.45. The molecule has 2 atom stereocenters. The van der Waals surface area contributed by atoms with Gasteiger partial charge in [-0.15, -0.1) is 0 Å². The molecule has 1 fully saturated rings. The van der Waals surface area contributed by atoms with Gasteiger partial charge in [0.15, 0.2) is 0 Å². The van der Waals surface area contributed by atoms with Gasteiger partial charge in [-0.25, -0.2) is 0 Å². The second-order valence-corrected chi connectivity index (χ2v) is 5.36. The first-order valence-electron chi connectivity index (χ1n) is 7.03. The minimum absolute atomic E-state index is 0.101. The van der Waals surface area contributed by atoms with E-state index in [2.05, 4.69) is 0 Å². The molecule has 0 spiro atoms. The SMILES string of the molecule is CC(=O)OCc1ccc([C@@H]2CCCC[C@H]2C(=O)O)cc1. The third-order valence-corrected chi connectivity index (χ3v) is 3.93. The van der Waals surface area contributed by atoms with Gasteiger partial charge in [0.25, 0.3) is 0 Å². The van der Waals surface area contributed by atoms with E-state index in [-0.39, 0.29) is 24.4 Å². The molecule has 1 saturated carbocycles. The predicted octanol–water partition coefficient (Wildman–Crippen LogP) is 3.11. The van der Waals surface area contributed by atoms with Gasteiger partial charge in [-0.3, -0.25) is 9.59 Å². The smallest absolute Gasteiger partial charge is 0.307 e. The molecule has 4 heteroatoms. The van der Waals surface area contributed by atoms with Crippen LogP contribution in [0, 0.1) is 5.92 Å². The summed E-state index contributed by atoms with van der Waals surface area (Å²) in [6, 6.07) is 7.74. The van der Waals surface area contributed by atoms with E-state index in [1.807, 2.05) is 24.3 Å². The first-order valence-corrected chi connectivity index (χ1v) is 7.03. The molecule has 1 N–H and O–H groups in total. The summed E-state index contributed by atoms with van der Waals surface area (Å²) in [5.74, 6) is -1.17. The Balaban J connectivity index is 2.07. The molecule has 1 aliphatic carbocycles. The van der Waals surface area contributed by atoms with Crippen molar-refractivity contribution in [2.45, 2.75) is 45.1 Å². The number of aliphatic carboxylic acids is 1. The molecule has 0 heterocycles. The molecule has 20 heavy (non-hydrogen) atoms. The van der Waals surface area contributed by atoms with Gasteiger partial charge in [0, 0.05) is 6.92 Å². The Bertz CT molecular complexity index is 478. The Kier molecular flexibility index (Phi) is 4.77. The van der Waals surface area contributed by atoms with Gasteiger partial charge in [0.2, 0.25) is 0 Å². The second-order valence-electron chi connectivity index (χ2n) is 5.36. The first kappa shape index (κ1) is 14.6. The van der Waals surface area contributed by atoms with Crippen LogP contribution in [0.4, 0.5) is 0 Å². The Hall–Kier alpha value is -1.84. The Labute approximate surface area is 118 Å². The maximum absolute atomic E-state index is 11.3. The summed E-state index contributed by atoms with van der Waals surface area (Å²) in [5, 5.41) is 9.31. The molecule has 1 aromatic carbocycles. The summed E-state index contributed by atoms with van der Waals surface area (Å²) in [7, 11) is 0. The fourth-order valence-corrected chi connectivity index (χ4v) is 2.87. The summed E-state index contributed by atoms with van der Waals surface area (Å²) < 4.78 is 4.94. The van der Waals surface area contributed by atoms with Gasteiger partial charge in [-0.1, -0.05) is 37.1 Å². The Morgan fingerprint density at radius 3 is 2.45 bits per heavy atom. The number of esters is 1. The van der Waals surface area contributed by atoms with Crippen molar-refractivity contribution in [1.82, 2.24) is 0 Å². The molecule has 0 amide bonds. The summed E-state index contributed by atoms with van der Waals surface area (Å²) in [5.41, 5.74) is 2.00. The van der Waals surface area contributed by atoms with E-state index in [4.69, 9.17) is 4.74 Å². The zero-order valence-corrected chi connectivity index (χ0v) is 11.7. The van der Waals surface area contributed by atoms with E-state index in [1.165, 1.54) is 6.92 Å². The maximum atomic E-state index is 11.3. The lowest BCUT2D eigenvalue weighted by molar-refractivity contribution is -0.144. The van der Waals surface area contributed by atoms with Gasteiger partial charge >= 0.3 is 11.9 Å². The summed E-state index contributed by atoms with van der Waals surface area (Å²) in [6.07, 6.45) is 3.77. The number of hydrogen-bond donors (Lipinski definition) is 1. The number of benzene rings is 1. The van der Waals surface area contributed by atoms with Crippen LogP contribution in [-0.2, 0) is 20.9 Å². The fourth-order valence-electron chi connectivity index (χ4n) is 2.87. The zero-order valence-electron chi connectivity index (χ0n) is 11.7. The molecular weight excluding hydrogens is 256 g/mol. The van der Waals surface area contributed by atoms with Crippen LogP contribution in [0.2, 0.25) is 0 Å². The van der Waals surface area contributed by atoms with E-state index in [0.29, 0.717) is 0 Å². The normalized spacial score (nSPS) is 22.2. The minimum atomic E-state index is -0.696. The van der Waals surface area contributed by atoms with Crippen molar-refractivity contribution >= 4 is 11.9 Å². The highest BCUT2D eigenvalue weighted by molar-refractivity contribution is 5.71. The number of carbonyl (C=O) groups excluding carboxylic acids is 1. The molecule has 0 bridgehead atoms. The van der Waals surface area contributed by atoms with Crippen molar-refractivity contribution in [2.24, 2.45) is 5.92 Å². The van der Waals surface area contributed by atoms with Crippen molar-refractivity contribution in [2.75, 3.05) is 0 Å². The number of carbonyl (C=O) groups is 2. The first-order chi connectivity index (χ1) is 9.58. The van der Waals surface area contributed by atoms with Crippen LogP contribution < -0.4 is 0 Å². The van der Waals surface area contributed by atoms with Gasteiger partial charge in [-0.2, -0.15) is 0 Å². The van der Waals surface area contributed by atoms with Crippen molar-refractivity contribution < 1.29 is 19.4 Å². The Morgan fingerprint density at radius 1 is 1.20 bits per heavy atom. The van der Waals surface area contributed by atoms with Gasteiger partial charge in [0.05, 0.1) is 5.92 Å². The van der Waals surface area contributed by atoms with Crippen LogP contribution in [0.15, 0.2) is 24.3 Å².